The van der Waals surface area contributed by atoms with E-state index in [0.717, 1.165) is 22.0 Å². The van der Waals surface area contributed by atoms with Crippen molar-refractivity contribution in [3.05, 3.63) is 58.6 Å². The van der Waals surface area contributed by atoms with E-state index in [9.17, 15) is 8.42 Å². The van der Waals surface area contributed by atoms with Crippen LogP contribution >= 0.6 is 22.9 Å². The van der Waals surface area contributed by atoms with Gasteiger partial charge in [0.1, 0.15) is 4.21 Å². The first-order valence-corrected chi connectivity index (χ1v) is 10.3. The second-order valence-corrected chi connectivity index (χ2v) is 9.22. The minimum Gasteiger partial charge on any atom is -0.361 e. The summed E-state index contributed by atoms with van der Waals surface area (Å²) >= 11 is 7.36. The van der Waals surface area contributed by atoms with Crippen molar-refractivity contribution < 1.29 is 8.42 Å². The summed E-state index contributed by atoms with van der Waals surface area (Å²) in [6.45, 7) is 0.877. The molecule has 1 aromatic carbocycles. The van der Waals surface area contributed by atoms with Crippen LogP contribution in [0, 0.1) is 0 Å². The summed E-state index contributed by atoms with van der Waals surface area (Å²) in [7, 11) is -3.38. The Balaban J connectivity index is 1.64. The fourth-order valence-corrected chi connectivity index (χ4v) is 5.71. The van der Waals surface area contributed by atoms with Gasteiger partial charge in [-0.05, 0) is 41.6 Å². The number of nitrogens with one attached hydrogen (secondary N) is 1. The van der Waals surface area contributed by atoms with Gasteiger partial charge in [-0.1, -0.05) is 23.7 Å². The highest BCUT2D eigenvalue weighted by Gasteiger charge is 2.27. The molecule has 1 N–H and O–H groups in total. The average Bonchev–Trinajstić information content (AvgIpc) is 3.25. The number of thiophene rings is 1. The maximum absolute atomic E-state index is 12.6. The number of halogens is 1. The lowest BCUT2D eigenvalue weighted by Gasteiger charge is -2.25. The standard InChI is InChI=1S/C17H15ClN2O2S2/c18-13-3-4-16-14(10-13)15(11-19-16)12-5-7-20(8-6-12)24(21,22)17-2-1-9-23-17/h1-5,9-11,19H,6-8H2. The van der Waals surface area contributed by atoms with Crippen molar-refractivity contribution in [2.75, 3.05) is 13.1 Å². The Morgan fingerprint density at radius 3 is 2.83 bits per heavy atom. The van der Waals surface area contributed by atoms with Crippen molar-refractivity contribution in [1.82, 2.24) is 9.29 Å². The Hall–Kier alpha value is -1.60. The number of benzene rings is 1. The Morgan fingerprint density at radius 1 is 1.25 bits per heavy atom. The Kier molecular flexibility index (Phi) is 4.00. The zero-order chi connectivity index (χ0) is 16.7. The van der Waals surface area contributed by atoms with E-state index in [-0.39, 0.29) is 0 Å². The average molecular weight is 379 g/mol. The predicted octanol–water partition coefficient (Wildman–Crippen LogP) is 4.36. The third-order valence-electron chi connectivity index (χ3n) is 4.25. The van der Waals surface area contributed by atoms with Crippen LogP contribution in [0.4, 0.5) is 0 Å². The van der Waals surface area contributed by atoms with Crippen molar-refractivity contribution in [2.45, 2.75) is 10.6 Å². The quantitative estimate of drug-likeness (QED) is 0.736. The molecule has 0 bridgehead atoms. The SMILES string of the molecule is O=S(=O)(c1cccs1)N1CC=C(c2c[nH]c3ccc(Cl)cc23)CC1. The Bertz CT molecular complexity index is 1020. The minimum absolute atomic E-state index is 0.392. The molecule has 3 aromatic rings. The molecule has 0 saturated heterocycles. The smallest absolute Gasteiger partial charge is 0.252 e. The lowest BCUT2D eigenvalue weighted by Crippen LogP contribution is -2.34. The van der Waals surface area contributed by atoms with Crippen LogP contribution in [0.15, 0.2) is 52.2 Å². The number of hydrogen-bond acceptors (Lipinski definition) is 3. The normalized spacial score (nSPS) is 16.5. The maximum atomic E-state index is 12.6. The molecule has 3 heterocycles. The zero-order valence-electron chi connectivity index (χ0n) is 12.7. The van der Waals surface area contributed by atoms with Gasteiger partial charge in [0, 0.05) is 40.8 Å². The van der Waals surface area contributed by atoms with Crippen LogP contribution < -0.4 is 0 Å². The van der Waals surface area contributed by atoms with E-state index in [4.69, 9.17) is 11.6 Å². The molecule has 0 aliphatic carbocycles. The molecule has 24 heavy (non-hydrogen) atoms. The fourth-order valence-electron chi connectivity index (χ4n) is 3.01. The molecule has 1 aliphatic rings. The van der Waals surface area contributed by atoms with Crippen molar-refractivity contribution in [1.29, 1.82) is 0 Å². The van der Waals surface area contributed by atoms with Gasteiger partial charge in [0.25, 0.3) is 10.0 Å². The lowest BCUT2D eigenvalue weighted by atomic mass is 10.00. The van der Waals surface area contributed by atoms with E-state index < -0.39 is 10.0 Å². The van der Waals surface area contributed by atoms with Crippen LogP contribution in [0.25, 0.3) is 16.5 Å². The Labute approximate surface area is 149 Å². The first-order valence-electron chi connectivity index (χ1n) is 7.55. The van der Waals surface area contributed by atoms with E-state index in [2.05, 4.69) is 4.98 Å². The molecule has 4 rings (SSSR count). The monoisotopic (exact) mass is 378 g/mol. The molecule has 0 radical (unpaired) electrons. The van der Waals surface area contributed by atoms with Crippen molar-refractivity contribution in [3.8, 4) is 0 Å². The summed E-state index contributed by atoms with van der Waals surface area (Å²) in [6.07, 6.45) is 4.65. The van der Waals surface area contributed by atoms with Gasteiger partial charge in [-0.2, -0.15) is 4.31 Å². The molecule has 124 valence electrons. The molecule has 1 aliphatic heterocycles. The zero-order valence-corrected chi connectivity index (χ0v) is 15.1. The molecule has 4 nitrogen and oxygen atoms in total. The van der Waals surface area contributed by atoms with E-state index in [1.54, 1.807) is 17.5 Å². The van der Waals surface area contributed by atoms with Gasteiger partial charge < -0.3 is 4.98 Å². The molecule has 0 spiro atoms. The number of fused-ring (bicyclic) bond motifs is 1. The number of hydrogen-bond donors (Lipinski definition) is 1. The molecule has 0 amide bonds. The fraction of sp³-hybridized carbons (Fsp3) is 0.176. The number of rotatable bonds is 3. The van der Waals surface area contributed by atoms with Crippen LogP contribution in [0.5, 0.6) is 0 Å². The van der Waals surface area contributed by atoms with E-state index in [1.807, 2.05) is 30.5 Å². The first-order chi connectivity index (χ1) is 11.6. The van der Waals surface area contributed by atoms with Crippen molar-refractivity contribution in [2.24, 2.45) is 0 Å². The molecule has 2 aromatic heterocycles. The second kappa shape index (κ2) is 6.04. The number of sulfonamides is 1. The summed E-state index contributed by atoms with van der Waals surface area (Å²) in [5.41, 5.74) is 3.28. The summed E-state index contributed by atoms with van der Waals surface area (Å²) in [4.78, 5) is 3.25. The summed E-state index contributed by atoms with van der Waals surface area (Å²) in [6, 6.07) is 9.17. The van der Waals surface area contributed by atoms with E-state index >= 15 is 0 Å². The van der Waals surface area contributed by atoms with Crippen LogP contribution in [-0.4, -0.2) is 30.8 Å². The summed E-state index contributed by atoms with van der Waals surface area (Å²) in [5.74, 6) is 0. The minimum atomic E-state index is -3.38. The van der Waals surface area contributed by atoms with Crippen LogP contribution in [0.3, 0.4) is 0 Å². The summed E-state index contributed by atoms with van der Waals surface area (Å²) < 4.78 is 27.1. The third-order valence-corrected chi connectivity index (χ3v) is 7.72. The van der Waals surface area contributed by atoms with Crippen molar-refractivity contribution in [3.63, 3.8) is 0 Å². The van der Waals surface area contributed by atoms with E-state index in [1.165, 1.54) is 15.6 Å². The second-order valence-electron chi connectivity index (χ2n) is 5.67. The molecule has 7 heteroatoms. The largest absolute Gasteiger partial charge is 0.361 e. The topological polar surface area (TPSA) is 53.2 Å². The van der Waals surface area contributed by atoms with Crippen molar-refractivity contribution >= 4 is 49.4 Å². The van der Waals surface area contributed by atoms with Gasteiger partial charge in [-0.15, -0.1) is 11.3 Å². The van der Waals surface area contributed by atoms with E-state index in [0.29, 0.717) is 28.7 Å². The highest BCUT2D eigenvalue weighted by molar-refractivity contribution is 7.91. The number of nitrogens with zero attached hydrogens (tertiary/aromatic N) is 1. The number of aromatic amines is 1. The molecular weight excluding hydrogens is 364 g/mol. The number of aromatic nitrogens is 1. The molecule has 0 atom stereocenters. The van der Waals surface area contributed by atoms with Gasteiger partial charge >= 0.3 is 0 Å². The molecular formula is C17H15ClN2O2S2. The maximum Gasteiger partial charge on any atom is 0.252 e. The van der Waals surface area contributed by atoms with Gasteiger partial charge in [0.05, 0.1) is 0 Å². The van der Waals surface area contributed by atoms with Gasteiger partial charge in [-0.25, -0.2) is 8.42 Å². The first kappa shape index (κ1) is 15.9. The highest BCUT2D eigenvalue weighted by atomic mass is 35.5. The molecule has 0 saturated carbocycles. The van der Waals surface area contributed by atoms with Gasteiger partial charge in [-0.3, -0.25) is 0 Å². The summed E-state index contributed by atoms with van der Waals surface area (Å²) in [5, 5.41) is 3.55. The number of H-pyrrole nitrogens is 1. The van der Waals surface area contributed by atoms with Crippen LogP contribution in [0.2, 0.25) is 5.02 Å². The van der Waals surface area contributed by atoms with Crippen LogP contribution in [-0.2, 0) is 10.0 Å². The highest BCUT2D eigenvalue weighted by Crippen LogP contribution is 2.32. The predicted molar refractivity (Wildman–Crippen MR) is 99.0 cm³/mol. The lowest BCUT2D eigenvalue weighted by molar-refractivity contribution is 0.443. The van der Waals surface area contributed by atoms with Gasteiger partial charge in [0.15, 0.2) is 0 Å². The third kappa shape index (κ3) is 2.69. The van der Waals surface area contributed by atoms with Crippen LogP contribution in [0.1, 0.15) is 12.0 Å². The Morgan fingerprint density at radius 2 is 2.12 bits per heavy atom. The molecule has 0 fully saturated rings. The van der Waals surface area contributed by atoms with Gasteiger partial charge in [0.2, 0.25) is 0 Å². The molecule has 0 unspecified atom stereocenters.